The molecule has 17 heavy (non-hydrogen) atoms. The fourth-order valence-electron chi connectivity index (χ4n) is 1.26. The lowest BCUT2D eigenvalue weighted by Crippen LogP contribution is -2.37. The van der Waals surface area contributed by atoms with Crippen LogP contribution in [0.1, 0.15) is 10.4 Å². The molecule has 0 fully saturated rings. The molecule has 0 aliphatic rings. The summed E-state index contributed by atoms with van der Waals surface area (Å²) in [6.45, 7) is 0.0387. The summed E-state index contributed by atoms with van der Waals surface area (Å²) in [6.07, 6.45) is 0. The highest BCUT2D eigenvalue weighted by molar-refractivity contribution is 6.33. The lowest BCUT2D eigenvalue weighted by Gasteiger charge is -2.19. The van der Waals surface area contributed by atoms with Crippen molar-refractivity contribution in [2.45, 2.75) is 0 Å². The Balaban J connectivity index is 2.77. The second-order valence-electron chi connectivity index (χ2n) is 3.93. The highest BCUT2D eigenvalue weighted by atomic mass is 35.5. The highest BCUT2D eigenvalue weighted by Crippen LogP contribution is 2.16. The van der Waals surface area contributed by atoms with Gasteiger partial charge in [-0.25, -0.2) is 0 Å². The zero-order valence-electron chi connectivity index (χ0n) is 10.1. The first-order chi connectivity index (χ1) is 7.93. The molecule has 0 spiro atoms. The molecule has 2 amide bonds. The molecule has 0 bridgehead atoms. The molecule has 5 heteroatoms. The number of carbonyl (C=O) groups excluding carboxylic acids is 2. The van der Waals surface area contributed by atoms with Crippen molar-refractivity contribution in [1.29, 1.82) is 0 Å². The molecule has 0 saturated heterocycles. The molecule has 1 aromatic carbocycles. The molecule has 0 heterocycles. The van der Waals surface area contributed by atoms with E-state index in [1.165, 1.54) is 9.80 Å². The number of hydrogen-bond donors (Lipinski definition) is 0. The Kier molecular flexibility index (Phi) is 4.52. The maximum Gasteiger partial charge on any atom is 0.255 e. The van der Waals surface area contributed by atoms with Crippen molar-refractivity contribution in [2.75, 3.05) is 27.7 Å². The maximum absolute atomic E-state index is 12.0. The van der Waals surface area contributed by atoms with Crippen LogP contribution in [0.2, 0.25) is 5.02 Å². The normalized spacial score (nSPS) is 9.88. The molecular formula is C12H15ClN2O2. The molecular weight excluding hydrogens is 240 g/mol. The third-order valence-corrected chi connectivity index (χ3v) is 2.65. The van der Waals surface area contributed by atoms with Crippen LogP contribution >= 0.6 is 11.6 Å². The Hall–Kier alpha value is -1.55. The van der Waals surface area contributed by atoms with Crippen molar-refractivity contribution in [2.24, 2.45) is 0 Å². The van der Waals surface area contributed by atoms with E-state index >= 15 is 0 Å². The third kappa shape index (κ3) is 3.46. The first-order valence-electron chi connectivity index (χ1n) is 5.13. The second-order valence-corrected chi connectivity index (χ2v) is 4.34. The molecule has 0 aliphatic heterocycles. The molecule has 92 valence electrons. The van der Waals surface area contributed by atoms with Gasteiger partial charge in [0, 0.05) is 21.1 Å². The molecule has 0 N–H and O–H groups in total. The summed E-state index contributed by atoms with van der Waals surface area (Å²) in [5.41, 5.74) is 0.406. The van der Waals surface area contributed by atoms with Crippen molar-refractivity contribution >= 4 is 23.4 Å². The largest absolute Gasteiger partial charge is 0.347 e. The SMILES string of the molecule is CN(C)C(=O)CN(C)C(=O)c1ccccc1Cl. The first-order valence-corrected chi connectivity index (χ1v) is 5.51. The second kappa shape index (κ2) is 5.68. The zero-order valence-corrected chi connectivity index (χ0v) is 10.9. The van der Waals surface area contributed by atoms with Gasteiger partial charge in [-0.2, -0.15) is 0 Å². The van der Waals surface area contributed by atoms with Gasteiger partial charge in [0.25, 0.3) is 5.91 Å². The van der Waals surface area contributed by atoms with E-state index in [0.29, 0.717) is 10.6 Å². The van der Waals surface area contributed by atoms with E-state index in [1.807, 2.05) is 0 Å². The predicted octanol–water partition coefficient (Wildman–Crippen LogP) is 1.50. The Morgan fingerprint density at radius 3 is 2.29 bits per heavy atom. The molecule has 0 saturated carbocycles. The van der Waals surface area contributed by atoms with Crippen LogP contribution in [-0.2, 0) is 4.79 Å². The Labute approximate surface area is 106 Å². The van der Waals surface area contributed by atoms with Gasteiger partial charge in [-0.3, -0.25) is 9.59 Å². The zero-order chi connectivity index (χ0) is 13.0. The van der Waals surface area contributed by atoms with Crippen LogP contribution in [-0.4, -0.2) is 49.3 Å². The van der Waals surface area contributed by atoms with E-state index in [4.69, 9.17) is 11.6 Å². The standard InChI is InChI=1S/C12H15ClN2O2/c1-14(2)11(16)8-15(3)12(17)9-6-4-5-7-10(9)13/h4-7H,8H2,1-3H3. The lowest BCUT2D eigenvalue weighted by atomic mass is 10.2. The molecule has 1 rings (SSSR count). The van der Waals surface area contributed by atoms with E-state index in [9.17, 15) is 9.59 Å². The van der Waals surface area contributed by atoms with Crippen LogP contribution in [0.15, 0.2) is 24.3 Å². The Bertz CT molecular complexity index is 432. The van der Waals surface area contributed by atoms with Gasteiger partial charge in [-0.15, -0.1) is 0 Å². The van der Waals surface area contributed by atoms with Crippen LogP contribution in [0, 0.1) is 0 Å². The van der Waals surface area contributed by atoms with Crippen molar-refractivity contribution < 1.29 is 9.59 Å². The number of likely N-dealkylation sites (N-methyl/N-ethyl adjacent to an activating group) is 2. The molecule has 4 nitrogen and oxygen atoms in total. The summed E-state index contributed by atoms with van der Waals surface area (Å²) in [6, 6.07) is 6.78. The fourth-order valence-corrected chi connectivity index (χ4v) is 1.47. The van der Waals surface area contributed by atoms with E-state index < -0.39 is 0 Å². The van der Waals surface area contributed by atoms with E-state index in [-0.39, 0.29) is 18.4 Å². The summed E-state index contributed by atoms with van der Waals surface area (Å²) in [5, 5.41) is 0.390. The Morgan fingerprint density at radius 2 is 1.76 bits per heavy atom. The smallest absolute Gasteiger partial charge is 0.255 e. The molecule has 0 unspecified atom stereocenters. The number of hydrogen-bond acceptors (Lipinski definition) is 2. The van der Waals surface area contributed by atoms with E-state index in [1.54, 1.807) is 45.4 Å². The molecule has 0 atom stereocenters. The fraction of sp³-hybridized carbons (Fsp3) is 0.333. The van der Waals surface area contributed by atoms with Crippen LogP contribution in [0.25, 0.3) is 0 Å². The summed E-state index contributed by atoms with van der Waals surface area (Å²) < 4.78 is 0. The van der Waals surface area contributed by atoms with Gasteiger partial charge in [0.1, 0.15) is 0 Å². The van der Waals surface area contributed by atoms with Crippen LogP contribution in [0.3, 0.4) is 0 Å². The van der Waals surface area contributed by atoms with Gasteiger partial charge in [0.15, 0.2) is 0 Å². The number of nitrogens with zero attached hydrogens (tertiary/aromatic N) is 2. The number of rotatable bonds is 3. The van der Waals surface area contributed by atoms with Crippen LogP contribution in [0.4, 0.5) is 0 Å². The van der Waals surface area contributed by atoms with Gasteiger partial charge in [0.05, 0.1) is 17.1 Å². The average molecular weight is 255 g/mol. The summed E-state index contributed by atoms with van der Waals surface area (Å²) in [5.74, 6) is -0.390. The summed E-state index contributed by atoms with van der Waals surface area (Å²) in [4.78, 5) is 26.3. The third-order valence-electron chi connectivity index (χ3n) is 2.32. The van der Waals surface area contributed by atoms with Gasteiger partial charge in [0.2, 0.25) is 5.91 Å². The van der Waals surface area contributed by atoms with Crippen molar-refractivity contribution in [3.63, 3.8) is 0 Å². The molecule has 0 radical (unpaired) electrons. The first kappa shape index (κ1) is 13.5. The van der Waals surface area contributed by atoms with Gasteiger partial charge in [-0.1, -0.05) is 23.7 Å². The number of halogens is 1. The van der Waals surface area contributed by atoms with Crippen molar-refractivity contribution in [3.05, 3.63) is 34.9 Å². The van der Waals surface area contributed by atoms with Gasteiger partial charge >= 0.3 is 0 Å². The highest BCUT2D eigenvalue weighted by Gasteiger charge is 2.17. The van der Waals surface area contributed by atoms with E-state index in [0.717, 1.165) is 0 Å². The number of benzene rings is 1. The predicted molar refractivity (Wildman–Crippen MR) is 67.1 cm³/mol. The summed E-state index contributed by atoms with van der Waals surface area (Å²) >= 11 is 5.92. The van der Waals surface area contributed by atoms with Crippen molar-refractivity contribution in [3.8, 4) is 0 Å². The number of amides is 2. The minimum atomic E-state index is -0.259. The van der Waals surface area contributed by atoms with E-state index in [2.05, 4.69) is 0 Å². The molecule has 0 aromatic heterocycles. The quantitative estimate of drug-likeness (QED) is 0.820. The van der Waals surface area contributed by atoms with Crippen molar-refractivity contribution in [1.82, 2.24) is 9.80 Å². The topological polar surface area (TPSA) is 40.6 Å². The minimum absolute atomic E-state index is 0.0387. The Morgan fingerprint density at radius 1 is 1.18 bits per heavy atom. The van der Waals surface area contributed by atoms with Gasteiger partial charge < -0.3 is 9.80 Å². The van der Waals surface area contributed by atoms with Gasteiger partial charge in [-0.05, 0) is 12.1 Å². The lowest BCUT2D eigenvalue weighted by molar-refractivity contribution is -0.129. The molecule has 1 aromatic rings. The monoisotopic (exact) mass is 254 g/mol. The van der Waals surface area contributed by atoms with Crippen LogP contribution in [0.5, 0.6) is 0 Å². The summed E-state index contributed by atoms with van der Waals surface area (Å²) in [7, 11) is 4.87. The molecule has 0 aliphatic carbocycles. The number of carbonyl (C=O) groups is 2. The minimum Gasteiger partial charge on any atom is -0.347 e. The van der Waals surface area contributed by atoms with Crippen LogP contribution < -0.4 is 0 Å². The average Bonchev–Trinajstić information content (AvgIpc) is 2.28. The maximum atomic E-state index is 12.0.